The highest BCUT2D eigenvalue weighted by molar-refractivity contribution is 6.25. The van der Waals surface area contributed by atoms with E-state index in [-0.39, 0.29) is 0 Å². The molecular formula is C18H13NO2. The molecule has 0 heterocycles. The van der Waals surface area contributed by atoms with Crippen molar-refractivity contribution in [2.24, 2.45) is 0 Å². The fourth-order valence-electron chi connectivity index (χ4n) is 3.07. The summed E-state index contributed by atoms with van der Waals surface area (Å²) >= 11 is 0. The first-order valence-electron chi connectivity index (χ1n) is 6.83. The van der Waals surface area contributed by atoms with Crippen LogP contribution in [0.1, 0.15) is 6.92 Å². The van der Waals surface area contributed by atoms with Gasteiger partial charge in [0, 0.05) is 12.3 Å². The van der Waals surface area contributed by atoms with Gasteiger partial charge in [0.1, 0.15) is 0 Å². The van der Waals surface area contributed by atoms with Crippen LogP contribution in [0.4, 0.5) is 5.69 Å². The number of nitrogens with zero attached hydrogens (tertiary/aromatic N) is 1. The van der Waals surface area contributed by atoms with Crippen LogP contribution in [0.25, 0.3) is 32.3 Å². The standard InChI is InChI=1S/C18H13NO2/c1-11(20)19(21)16-10-8-14-6-5-12-3-2-4-13-7-9-15(16)18(14)17(12)13/h2-10,21H,1H3. The minimum Gasteiger partial charge on any atom is -0.281 e. The number of hydroxylamine groups is 1. The Balaban J connectivity index is 2.23. The van der Waals surface area contributed by atoms with Crippen LogP contribution in [0, 0.1) is 0 Å². The van der Waals surface area contributed by atoms with Gasteiger partial charge in [0.05, 0.1) is 5.69 Å². The van der Waals surface area contributed by atoms with E-state index in [1.165, 1.54) is 12.3 Å². The Hall–Kier alpha value is -2.65. The van der Waals surface area contributed by atoms with E-state index in [1.54, 1.807) is 6.07 Å². The van der Waals surface area contributed by atoms with Crippen molar-refractivity contribution < 1.29 is 10.0 Å². The van der Waals surface area contributed by atoms with Crippen molar-refractivity contribution in [2.75, 3.05) is 5.06 Å². The van der Waals surface area contributed by atoms with Gasteiger partial charge in [-0.25, -0.2) is 0 Å². The van der Waals surface area contributed by atoms with Crippen LogP contribution in [0.3, 0.4) is 0 Å². The Labute approximate surface area is 121 Å². The molecule has 0 atom stereocenters. The van der Waals surface area contributed by atoms with Gasteiger partial charge < -0.3 is 0 Å². The third-order valence-electron chi connectivity index (χ3n) is 4.03. The van der Waals surface area contributed by atoms with Crippen molar-refractivity contribution in [3.8, 4) is 0 Å². The second-order valence-corrected chi connectivity index (χ2v) is 5.27. The molecule has 0 fully saturated rings. The number of carbonyl (C=O) groups excluding carboxylic acids is 1. The average Bonchev–Trinajstić information content (AvgIpc) is 2.51. The molecule has 102 valence electrons. The van der Waals surface area contributed by atoms with Crippen LogP contribution >= 0.6 is 0 Å². The van der Waals surface area contributed by atoms with E-state index in [1.807, 2.05) is 24.3 Å². The smallest absolute Gasteiger partial charge is 0.247 e. The van der Waals surface area contributed by atoms with Gasteiger partial charge in [-0.2, -0.15) is 5.06 Å². The van der Waals surface area contributed by atoms with Gasteiger partial charge in [-0.3, -0.25) is 10.0 Å². The summed E-state index contributed by atoms with van der Waals surface area (Å²) < 4.78 is 0. The van der Waals surface area contributed by atoms with Crippen LogP contribution in [0.2, 0.25) is 0 Å². The molecule has 0 saturated heterocycles. The quantitative estimate of drug-likeness (QED) is 0.319. The van der Waals surface area contributed by atoms with E-state index < -0.39 is 5.91 Å². The first-order valence-corrected chi connectivity index (χ1v) is 6.83. The molecule has 0 saturated carbocycles. The van der Waals surface area contributed by atoms with Crippen LogP contribution in [-0.4, -0.2) is 11.1 Å². The van der Waals surface area contributed by atoms with Gasteiger partial charge in [-0.1, -0.05) is 48.5 Å². The molecular weight excluding hydrogens is 262 g/mol. The van der Waals surface area contributed by atoms with Crippen LogP contribution < -0.4 is 5.06 Å². The van der Waals surface area contributed by atoms with Crippen molar-refractivity contribution in [3.05, 3.63) is 54.6 Å². The van der Waals surface area contributed by atoms with Crippen molar-refractivity contribution in [1.82, 2.24) is 0 Å². The van der Waals surface area contributed by atoms with Crippen LogP contribution in [-0.2, 0) is 4.79 Å². The van der Waals surface area contributed by atoms with Crippen molar-refractivity contribution >= 4 is 43.9 Å². The van der Waals surface area contributed by atoms with Gasteiger partial charge in [0.2, 0.25) is 5.91 Å². The predicted octanol–water partition coefficient (Wildman–Crippen LogP) is 4.33. The molecule has 3 nitrogen and oxygen atoms in total. The topological polar surface area (TPSA) is 40.5 Å². The molecule has 4 aromatic rings. The summed E-state index contributed by atoms with van der Waals surface area (Å²) in [6, 6.07) is 18.1. The van der Waals surface area contributed by atoms with E-state index in [4.69, 9.17) is 0 Å². The molecule has 1 N–H and O–H groups in total. The molecule has 0 aliphatic rings. The molecule has 0 aliphatic carbocycles. The SMILES string of the molecule is CC(=O)N(O)c1ccc2ccc3cccc4ccc1c2c34. The first kappa shape index (κ1) is 12.1. The van der Waals surface area contributed by atoms with Crippen LogP contribution in [0.15, 0.2) is 54.6 Å². The summed E-state index contributed by atoms with van der Waals surface area (Å²) in [4.78, 5) is 11.5. The highest BCUT2D eigenvalue weighted by Gasteiger charge is 2.15. The molecule has 0 unspecified atom stereocenters. The second kappa shape index (κ2) is 4.17. The van der Waals surface area contributed by atoms with E-state index in [0.29, 0.717) is 10.8 Å². The molecule has 0 spiro atoms. The number of benzene rings is 4. The number of amides is 1. The number of hydrogen-bond acceptors (Lipinski definition) is 2. The largest absolute Gasteiger partial charge is 0.281 e. The maximum absolute atomic E-state index is 11.5. The fourth-order valence-corrected chi connectivity index (χ4v) is 3.07. The minimum absolute atomic E-state index is 0.398. The zero-order valence-electron chi connectivity index (χ0n) is 11.5. The van der Waals surface area contributed by atoms with E-state index in [9.17, 15) is 10.0 Å². The maximum Gasteiger partial charge on any atom is 0.247 e. The molecule has 21 heavy (non-hydrogen) atoms. The second-order valence-electron chi connectivity index (χ2n) is 5.27. The zero-order chi connectivity index (χ0) is 14.6. The van der Waals surface area contributed by atoms with E-state index >= 15 is 0 Å². The summed E-state index contributed by atoms with van der Waals surface area (Å²) in [7, 11) is 0. The Kier molecular flexibility index (Phi) is 2.41. The number of anilines is 1. The summed E-state index contributed by atoms with van der Waals surface area (Å²) in [6.07, 6.45) is 0. The third-order valence-corrected chi connectivity index (χ3v) is 4.03. The van der Waals surface area contributed by atoms with Crippen molar-refractivity contribution in [2.45, 2.75) is 6.92 Å². The molecule has 0 radical (unpaired) electrons. The Morgan fingerprint density at radius 3 is 2.10 bits per heavy atom. The minimum atomic E-state index is -0.398. The Morgan fingerprint density at radius 2 is 1.43 bits per heavy atom. The number of carbonyl (C=O) groups is 1. The predicted molar refractivity (Wildman–Crippen MR) is 85.1 cm³/mol. The summed E-state index contributed by atoms with van der Waals surface area (Å²) in [5.74, 6) is -0.398. The van der Waals surface area contributed by atoms with Crippen molar-refractivity contribution in [1.29, 1.82) is 0 Å². The number of rotatable bonds is 1. The lowest BCUT2D eigenvalue weighted by atomic mass is 9.93. The maximum atomic E-state index is 11.5. The first-order chi connectivity index (χ1) is 10.2. The monoisotopic (exact) mass is 275 g/mol. The molecule has 0 aliphatic heterocycles. The summed E-state index contributed by atoms with van der Waals surface area (Å²) in [6.45, 7) is 1.35. The van der Waals surface area contributed by atoms with E-state index in [0.717, 1.165) is 26.9 Å². The van der Waals surface area contributed by atoms with Gasteiger partial charge in [-0.05, 0) is 33.0 Å². The molecule has 0 aromatic heterocycles. The molecule has 3 heteroatoms. The van der Waals surface area contributed by atoms with Gasteiger partial charge in [-0.15, -0.1) is 0 Å². The molecule has 4 rings (SSSR count). The lowest BCUT2D eigenvalue weighted by Gasteiger charge is -2.18. The van der Waals surface area contributed by atoms with Crippen LogP contribution in [0.5, 0.6) is 0 Å². The molecule has 0 bridgehead atoms. The highest BCUT2D eigenvalue weighted by atomic mass is 16.5. The zero-order valence-corrected chi connectivity index (χ0v) is 11.5. The van der Waals surface area contributed by atoms with Gasteiger partial charge in [0.25, 0.3) is 0 Å². The van der Waals surface area contributed by atoms with Crippen molar-refractivity contribution in [3.63, 3.8) is 0 Å². The average molecular weight is 275 g/mol. The third kappa shape index (κ3) is 1.61. The number of hydrogen-bond donors (Lipinski definition) is 1. The molecule has 1 amide bonds. The Morgan fingerprint density at radius 1 is 0.857 bits per heavy atom. The van der Waals surface area contributed by atoms with Gasteiger partial charge in [0.15, 0.2) is 0 Å². The highest BCUT2D eigenvalue weighted by Crippen LogP contribution is 2.38. The fraction of sp³-hybridized carbons (Fsp3) is 0.0556. The lowest BCUT2D eigenvalue weighted by Crippen LogP contribution is -2.23. The Bertz CT molecular complexity index is 975. The summed E-state index contributed by atoms with van der Waals surface area (Å²) in [5, 5.41) is 17.3. The van der Waals surface area contributed by atoms with E-state index in [2.05, 4.69) is 24.3 Å². The normalized spacial score (nSPS) is 11.5. The summed E-state index contributed by atoms with van der Waals surface area (Å²) in [5.41, 5.74) is 0.522. The van der Waals surface area contributed by atoms with Gasteiger partial charge >= 0.3 is 0 Å². The molecule has 4 aromatic carbocycles. The lowest BCUT2D eigenvalue weighted by molar-refractivity contribution is -0.121.